The minimum Gasteiger partial charge on any atom is -0.463 e. The monoisotopic (exact) mass is 528 g/mol. The van der Waals surface area contributed by atoms with Crippen molar-refractivity contribution >= 4 is 24.1 Å². The van der Waals surface area contributed by atoms with Crippen LogP contribution in [0, 0.1) is 23.7 Å². The van der Waals surface area contributed by atoms with Crippen LogP contribution in [0.1, 0.15) is 32.6 Å². The molecule has 2 saturated carbocycles. The largest absolute Gasteiger partial charge is 0.463 e. The van der Waals surface area contributed by atoms with Crippen molar-refractivity contribution in [3.05, 3.63) is 12.7 Å². The van der Waals surface area contributed by atoms with Gasteiger partial charge in [-0.15, -0.1) is 0 Å². The van der Waals surface area contributed by atoms with E-state index in [4.69, 9.17) is 28.4 Å². The highest BCUT2D eigenvalue weighted by atomic mass is 16.6. The van der Waals surface area contributed by atoms with Crippen molar-refractivity contribution in [2.24, 2.45) is 23.7 Å². The number of hydrogen-bond acceptors (Lipinski definition) is 10. The summed E-state index contributed by atoms with van der Waals surface area (Å²) >= 11 is 0. The fourth-order valence-corrected chi connectivity index (χ4v) is 5.06. The van der Waals surface area contributed by atoms with Crippen LogP contribution in [0.3, 0.4) is 0 Å². The van der Waals surface area contributed by atoms with Crippen molar-refractivity contribution in [2.75, 3.05) is 65.9 Å². The van der Waals surface area contributed by atoms with E-state index in [2.05, 4.69) is 17.2 Å². The summed E-state index contributed by atoms with van der Waals surface area (Å²) in [6, 6.07) is 0. The lowest BCUT2D eigenvalue weighted by molar-refractivity contribution is -0.142. The minimum atomic E-state index is -0.507. The molecule has 12 nitrogen and oxygen atoms in total. The summed E-state index contributed by atoms with van der Waals surface area (Å²) in [5, 5.41) is 5.65. The maximum atomic E-state index is 12.0. The molecule has 2 fully saturated rings. The number of carbonyl (C=O) groups excluding carboxylic acids is 4. The predicted molar refractivity (Wildman–Crippen MR) is 131 cm³/mol. The highest BCUT2D eigenvalue weighted by molar-refractivity contribution is 5.81. The lowest BCUT2D eigenvalue weighted by Gasteiger charge is -2.22. The Bertz CT molecular complexity index is 747. The molecule has 2 rings (SSSR count). The molecule has 2 aliphatic rings. The molecule has 210 valence electrons. The van der Waals surface area contributed by atoms with E-state index < -0.39 is 18.2 Å². The number of esters is 2. The second kappa shape index (κ2) is 17.6. The first-order valence-corrected chi connectivity index (χ1v) is 12.8. The molecule has 37 heavy (non-hydrogen) atoms. The van der Waals surface area contributed by atoms with Gasteiger partial charge in [-0.3, -0.25) is 4.79 Å². The second-order valence-corrected chi connectivity index (χ2v) is 8.97. The number of hydrogen-bond donors (Lipinski definition) is 2. The Morgan fingerprint density at radius 2 is 1.41 bits per heavy atom. The highest BCUT2D eigenvalue weighted by Crippen LogP contribution is 2.53. The average molecular weight is 529 g/mol. The molecule has 0 aromatic heterocycles. The van der Waals surface area contributed by atoms with E-state index in [0.29, 0.717) is 36.8 Å². The van der Waals surface area contributed by atoms with E-state index in [1.807, 2.05) is 0 Å². The molecule has 2 amide bonds. The Morgan fingerprint density at radius 1 is 0.811 bits per heavy atom. The van der Waals surface area contributed by atoms with Crippen molar-refractivity contribution in [1.82, 2.24) is 10.6 Å². The van der Waals surface area contributed by atoms with Crippen LogP contribution in [-0.2, 0) is 38.0 Å². The summed E-state index contributed by atoms with van der Waals surface area (Å²) in [5.74, 6) is 1.20. The fraction of sp³-hybridized carbons (Fsp3) is 0.760. The van der Waals surface area contributed by atoms with Gasteiger partial charge in [0.15, 0.2) is 0 Å². The van der Waals surface area contributed by atoms with Gasteiger partial charge in [0.1, 0.15) is 26.4 Å². The number of nitrogens with one attached hydrogen (secondary N) is 2. The Kier molecular flexibility index (Phi) is 14.4. The Labute approximate surface area is 217 Å². The quantitative estimate of drug-likeness (QED) is 0.117. The van der Waals surface area contributed by atoms with Crippen molar-refractivity contribution in [2.45, 2.75) is 32.6 Å². The summed E-state index contributed by atoms with van der Waals surface area (Å²) in [6.07, 6.45) is 4.40. The Balaban J connectivity index is 1.49. The van der Waals surface area contributed by atoms with Crippen LogP contribution in [0.15, 0.2) is 12.7 Å². The van der Waals surface area contributed by atoms with Gasteiger partial charge < -0.3 is 39.1 Å². The Hall–Kier alpha value is -2.86. The van der Waals surface area contributed by atoms with Gasteiger partial charge in [0.2, 0.25) is 0 Å². The molecule has 12 heteroatoms. The number of carbonyl (C=O) groups is 4. The van der Waals surface area contributed by atoms with Gasteiger partial charge in [-0.25, -0.2) is 14.4 Å². The summed E-state index contributed by atoms with van der Waals surface area (Å²) in [6.45, 7) is 7.20. The third-order valence-electron chi connectivity index (χ3n) is 6.59. The molecule has 0 spiro atoms. The summed E-state index contributed by atoms with van der Waals surface area (Å²) in [7, 11) is 0. The van der Waals surface area contributed by atoms with Gasteiger partial charge in [0, 0.05) is 26.1 Å². The first-order chi connectivity index (χ1) is 17.9. The third kappa shape index (κ3) is 12.3. The van der Waals surface area contributed by atoms with E-state index in [0.717, 1.165) is 25.3 Å². The topological polar surface area (TPSA) is 148 Å². The van der Waals surface area contributed by atoms with Crippen LogP contribution in [0.2, 0.25) is 0 Å². The van der Waals surface area contributed by atoms with Crippen LogP contribution in [0.4, 0.5) is 9.59 Å². The molecule has 0 aliphatic heterocycles. The van der Waals surface area contributed by atoms with Gasteiger partial charge in [0.05, 0.1) is 26.4 Å². The third-order valence-corrected chi connectivity index (χ3v) is 6.59. The molecule has 2 N–H and O–H groups in total. The van der Waals surface area contributed by atoms with E-state index >= 15 is 0 Å². The standard InChI is InChI=1S/C25H40N2O10/c1-3-23(29)35-13-9-33-10-14-36-24(30)26-7-6-22-19-4-5-21(22)20(16-19)17-27-25(31)37-15-11-32-8-12-34-18(2)28/h3,19-22H,1,4-17H2,2H3,(H,26,30)(H,27,31)/t19-,20?,21+,22?/m0/s1. The molecule has 2 unspecified atom stereocenters. The molecule has 0 radical (unpaired) electrons. The minimum absolute atomic E-state index is 0.111. The zero-order valence-corrected chi connectivity index (χ0v) is 21.6. The highest BCUT2D eigenvalue weighted by Gasteiger charge is 2.47. The number of rotatable bonds is 18. The van der Waals surface area contributed by atoms with Crippen LogP contribution in [0.25, 0.3) is 0 Å². The van der Waals surface area contributed by atoms with Gasteiger partial charge in [0.25, 0.3) is 0 Å². The summed E-state index contributed by atoms with van der Waals surface area (Å²) in [5.41, 5.74) is 0. The van der Waals surface area contributed by atoms with E-state index in [1.54, 1.807) is 0 Å². The van der Waals surface area contributed by atoms with Crippen molar-refractivity contribution < 1.29 is 47.6 Å². The Morgan fingerprint density at radius 3 is 2.03 bits per heavy atom. The lowest BCUT2D eigenvalue weighted by atomic mass is 9.87. The molecule has 0 saturated heterocycles. The lowest BCUT2D eigenvalue weighted by Crippen LogP contribution is -2.33. The van der Waals surface area contributed by atoms with E-state index in [-0.39, 0.29) is 58.8 Å². The number of fused-ring (bicyclic) bond motifs is 2. The first kappa shape index (κ1) is 30.4. The first-order valence-electron chi connectivity index (χ1n) is 12.8. The molecule has 2 bridgehead atoms. The maximum absolute atomic E-state index is 12.0. The van der Waals surface area contributed by atoms with Crippen LogP contribution >= 0.6 is 0 Å². The molecule has 0 aromatic carbocycles. The molecule has 0 heterocycles. The van der Waals surface area contributed by atoms with Gasteiger partial charge in [-0.05, 0) is 49.4 Å². The van der Waals surface area contributed by atoms with Gasteiger partial charge in [-0.2, -0.15) is 0 Å². The maximum Gasteiger partial charge on any atom is 0.407 e. The van der Waals surface area contributed by atoms with Crippen LogP contribution in [0.5, 0.6) is 0 Å². The normalized spacial score (nSPS) is 21.6. The number of ether oxygens (including phenoxy) is 6. The smallest absolute Gasteiger partial charge is 0.407 e. The summed E-state index contributed by atoms with van der Waals surface area (Å²) in [4.78, 5) is 45.4. The number of alkyl carbamates (subject to hydrolysis) is 2. The predicted octanol–water partition coefficient (Wildman–Crippen LogP) is 1.82. The fourth-order valence-electron chi connectivity index (χ4n) is 5.06. The SMILES string of the molecule is C=CC(=O)OCCOCCOC(=O)NCCC1[C@H]2CC[C@@H]1C(CNC(=O)OCCOCCOC(C)=O)C2. The number of amides is 2. The second-order valence-electron chi connectivity index (χ2n) is 8.97. The van der Waals surface area contributed by atoms with Gasteiger partial charge in [-0.1, -0.05) is 6.58 Å². The molecule has 2 aliphatic carbocycles. The zero-order valence-electron chi connectivity index (χ0n) is 21.6. The zero-order chi connectivity index (χ0) is 26.9. The van der Waals surface area contributed by atoms with E-state index in [9.17, 15) is 19.2 Å². The van der Waals surface area contributed by atoms with Gasteiger partial charge >= 0.3 is 24.1 Å². The van der Waals surface area contributed by atoms with Crippen LogP contribution < -0.4 is 10.6 Å². The van der Waals surface area contributed by atoms with Crippen molar-refractivity contribution in [3.8, 4) is 0 Å². The molecular formula is C25H40N2O10. The van der Waals surface area contributed by atoms with Crippen LogP contribution in [-0.4, -0.2) is 90.1 Å². The van der Waals surface area contributed by atoms with Crippen molar-refractivity contribution in [1.29, 1.82) is 0 Å². The molecular weight excluding hydrogens is 488 g/mol. The van der Waals surface area contributed by atoms with E-state index in [1.165, 1.54) is 13.3 Å². The average Bonchev–Trinajstić information content (AvgIpc) is 3.42. The molecule has 0 aromatic rings. The summed E-state index contributed by atoms with van der Waals surface area (Å²) < 4.78 is 30.2. The molecule has 4 atom stereocenters. The van der Waals surface area contributed by atoms with Crippen molar-refractivity contribution in [3.63, 3.8) is 0 Å².